The maximum absolute atomic E-state index is 12.2. The molecule has 1 unspecified atom stereocenters. The number of hydrogen-bond donors (Lipinski definition) is 2. The first-order valence-electron chi connectivity index (χ1n) is 7.69. The Morgan fingerprint density at radius 1 is 1.48 bits per heavy atom. The SMILES string of the molecule is CCCC1CCCCN1CC(=O)Nc1cc(N)ccc1Cl. The van der Waals surface area contributed by atoms with Crippen molar-refractivity contribution in [1.29, 1.82) is 0 Å². The van der Waals surface area contributed by atoms with Crippen LogP contribution >= 0.6 is 11.6 Å². The third-order valence-corrected chi connectivity index (χ3v) is 4.31. The number of nitrogen functional groups attached to an aromatic ring is 1. The highest BCUT2D eigenvalue weighted by Gasteiger charge is 2.23. The molecular formula is C16H24ClN3O. The van der Waals surface area contributed by atoms with Crippen LogP contribution in [0, 0.1) is 0 Å². The quantitative estimate of drug-likeness (QED) is 0.818. The van der Waals surface area contributed by atoms with Gasteiger partial charge in [0.1, 0.15) is 0 Å². The van der Waals surface area contributed by atoms with Crippen LogP contribution in [0.1, 0.15) is 39.0 Å². The summed E-state index contributed by atoms with van der Waals surface area (Å²) in [6, 6.07) is 5.65. The zero-order valence-electron chi connectivity index (χ0n) is 12.6. The Balaban J connectivity index is 1.95. The Bertz CT molecular complexity index is 490. The van der Waals surface area contributed by atoms with Gasteiger partial charge in [0, 0.05) is 11.7 Å². The summed E-state index contributed by atoms with van der Waals surface area (Å²) in [6.07, 6.45) is 5.95. The van der Waals surface area contributed by atoms with Gasteiger partial charge in [-0.2, -0.15) is 0 Å². The number of hydrogen-bond acceptors (Lipinski definition) is 3. The van der Waals surface area contributed by atoms with Crippen LogP contribution in [0.3, 0.4) is 0 Å². The minimum Gasteiger partial charge on any atom is -0.399 e. The number of rotatable bonds is 5. The van der Waals surface area contributed by atoms with Gasteiger partial charge in [-0.1, -0.05) is 31.4 Å². The molecule has 1 aromatic carbocycles. The molecule has 1 heterocycles. The highest BCUT2D eigenvalue weighted by Crippen LogP contribution is 2.25. The molecule has 1 amide bonds. The number of amides is 1. The predicted molar refractivity (Wildman–Crippen MR) is 88.6 cm³/mol. The second-order valence-corrected chi connectivity index (χ2v) is 6.10. The lowest BCUT2D eigenvalue weighted by atomic mass is 9.98. The highest BCUT2D eigenvalue weighted by atomic mass is 35.5. The first-order valence-corrected chi connectivity index (χ1v) is 8.07. The van der Waals surface area contributed by atoms with Crippen molar-refractivity contribution in [3.8, 4) is 0 Å². The van der Waals surface area contributed by atoms with Crippen LogP contribution in [0.25, 0.3) is 0 Å². The van der Waals surface area contributed by atoms with Crippen molar-refractivity contribution in [2.24, 2.45) is 0 Å². The topological polar surface area (TPSA) is 58.4 Å². The van der Waals surface area contributed by atoms with Crippen molar-refractivity contribution in [3.05, 3.63) is 23.2 Å². The van der Waals surface area contributed by atoms with Gasteiger partial charge in [-0.15, -0.1) is 0 Å². The number of benzene rings is 1. The molecule has 1 atom stereocenters. The molecule has 0 bridgehead atoms. The molecular weight excluding hydrogens is 286 g/mol. The van der Waals surface area contributed by atoms with Gasteiger partial charge in [0.25, 0.3) is 0 Å². The molecule has 0 aromatic heterocycles. The van der Waals surface area contributed by atoms with E-state index in [2.05, 4.69) is 17.1 Å². The number of carbonyl (C=O) groups is 1. The summed E-state index contributed by atoms with van der Waals surface area (Å²) < 4.78 is 0. The van der Waals surface area contributed by atoms with Gasteiger partial charge in [-0.3, -0.25) is 9.69 Å². The molecule has 0 saturated carbocycles. The van der Waals surface area contributed by atoms with E-state index in [9.17, 15) is 4.79 Å². The number of carbonyl (C=O) groups excluding carboxylic acids is 1. The fourth-order valence-corrected chi connectivity index (χ4v) is 3.11. The van der Waals surface area contributed by atoms with Gasteiger partial charge in [0.05, 0.1) is 17.3 Å². The maximum Gasteiger partial charge on any atom is 0.238 e. The minimum atomic E-state index is -0.0227. The molecule has 0 aliphatic carbocycles. The zero-order valence-corrected chi connectivity index (χ0v) is 13.3. The molecule has 1 fully saturated rings. The molecule has 0 spiro atoms. The zero-order chi connectivity index (χ0) is 15.2. The Morgan fingerprint density at radius 3 is 3.05 bits per heavy atom. The largest absolute Gasteiger partial charge is 0.399 e. The summed E-state index contributed by atoms with van der Waals surface area (Å²) >= 11 is 6.08. The number of nitrogens with two attached hydrogens (primary N) is 1. The fraction of sp³-hybridized carbons (Fsp3) is 0.562. The third kappa shape index (κ3) is 4.61. The molecule has 1 aliphatic rings. The van der Waals surface area contributed by atoms with Crippen molar-refractivity contribution in [1.82, 2.24) is 4.90 Å². The monoisotopic (exact) mass is 309 g/mol. The van der Waals surface area contributed by atoms with Crippen molar-refractivity contribution < 1.29 is 4.79 Å². The lowest BCUT2D eigenvalue weighted by Crippen LogP contribution is -2.43. The predicted octanol–water partition coefficient (Wildman–Crippen LogP) is 3.52. The van der Waals surface area contributed by atoms with Gasteiger partial charge < -0.3 is 11.1 Å². The molecule has 1 saturated heterocycles. The van der Waals surface area contributed by atoms with Crippen molar-refractivity contribution >= 4 is 28.9 Å². The number of nitrogens with one attached hydrogen (secondary N) is 1. The van der Waals surface area contributed by atoms with Crippen molar-refractivity contribution in [2.45, 2.75) is 45.1 Å². The summed E-state index contributed by atoms with van der Waals surface area (Å²) in [6.45, 7) is 3.62. The second-order valence-electron chi connectivity index (χ2n) is 5.70. The molecule has 1 aliphatic heterocycles. The molecule has 1 aromatic rings. The molecule has 116 valence electrons. The number of nitrogens with zero attached hydrogens (tertiary/aromatic N) is 1. The average Bonchev–Trinajstić information content (AvgIpc) is 2.45. The van der Waals surface area contributed by atoms with E-state index in [1.165, 1.54) is 19.3 Å². The molecule has 3 N–H and O–H groups in total. The van der Waals surface area contributed by atoms with Gasteiger partial charge in [0.15, 0.2) is 0 Å². The summed E-state index contributed by atoms with van der Waals surface area (Å²) in [5, 5.41) is 3.38. The van der Waals surface area contributed by atoms with E-state index in [-0.39, 0.29) is 5.91 Å². The van der Waals surface area contributed by atoms with Crippen LogP contribution in [0.4, 0.5) is 11.4 Å². The van der Waals surface area contributed by atoms with E-state index < -0.39 is 0 Å². The summed E-state index contributed by atoms with van der Waals surface area (Å²) in [7, 11) is 0. The Kier molecular flexibility index (Phi) is 5.88. The van der Waals surface area contributed by atoms with Crippen LogP contribution in [-0.4, -0.2) is 29.9 Å². The third-order valence-electron chi connectivity index (χ3n) is 3.98. The Morgan fingerprint density at radius 2 is 2.29 bits per heavy atom. The molecule has 5 heteroatoms. The van der Waals surface area contributed by atoms with Gasteiger partial charge >= 0.3 is 0 Å². The van der Waals surface area contributed by atoms with E-state index in [1.54, 1.807) is 18.2 Å². The second kappa shape index (κ2) is 7.66. The molecule has 4 nitrogen and oxygen atoms in total. The van der Waals surface area contributed by atoms with E-state index >= 15 is 0 Å². The van der Waals surface area contributed by atoms with Crippen LogP contribution in [0.15, 0.2) is 18.2 Å². The molecule has 2 rings (SSSR count). The molecule has 21 heavy (non-hydrogen) atoms. The smallest absolute Gasteiger partial charge is 0.238 e. The Labute approximate surface area is 131 Å². The first kappa shape index (κ1) is 16.1. The summed E-state index contributed by atoms with van der Waals surface area (Å²) in [5.74, 6) is -0.0227. The van der Waals surface area contributed by atoms with Crippen LogP contribution in [0.2, 0.25) is 5.02 Å². The first-order chi connectivity index (χ1) is 10.1. The van der Waals surface area contributed by atoms with Gasteiger partial charge in [-0.05, 0) is 44.0 Å². The Hall–Kier alpha value is -1.26. The minimum absolute atomic E-state index is 0.0227. The number of likely N-dealkylation sites (tertiary alicyclic amines) is 1. The standard InChI is InChI=1S/C16H24ClN3O/c1-2-5-13-6-3-4-9-20(13)11-16(21)19-15-10-12(18)7-8-14(15)17/h7-8,10,13H,2-6,9,11,18H2,1H3,(H,19,21). The number of piperidine rings is 1. The maximum atomic E-state index is 12.2. The molecule has 0 radical (unpaired) electrons. The van der Waals surface area contributed by atoms with Crippen LogP contribution in [-0.2, 0) is 4.79 Å². The van der Waals surface area contributed by atoms with Gasteiger partial charge in [0.2, 0.25) is 5.91 Å². The van der Waals surface area contributed by atoms with Crippen LogP contribution < -0.4 is 11.1 Å². The van der Waals surface area contributed by atoms with E-state index in [1.807, 2.05) is 0 Å². The highest BCUT2D eigenvalue weighted by molar-refractivity contribution is 6.33. The number of anilines is 2. The van der Waals surface area contributed by atoms with Gasteiger partial charge in [-0.25, -0.2) is 0 Å². The van der Waals surface area contributed by atoms with Crippen molar-refractivity contribution in [2.75, 3.05) is 24.1 Å². The van der Waals surface area contributed by atoms with Crippen molar-refractivity contribution in [3.63, 3.8) is 0 Å². The fourth-order valence-electron chi connectivity index (χ4n) is 2.94. The van der Waals surface area contributed by atoms with E-state index in [0.717, 1.165) is 19.4 Å². The summed E-state index contributed by atoms with van der Waals surface area (Å²) in [4.78, 5) is 14.5. The van der Waals surface area contributed by atoms with E-state index in [4.69, 9.17) is 17.3 Å². The summed E-state index contributed by atoms with van der Waals surface area (Å²) in [5.41, 5.74) is 6.91. The average molecular weight is 310 g/mol. The van der Waals surface area contributed by atoms with E-state index in [0.29, 0.717) is 29.0 Å². The number of halogens is 1. The lowest BCUT2D eigenvalue weighted by Gasteiger charge is -2.35. The normalized spacial score (nSPS) is 19.4. The van der Waals surface area contributed by atoms with Crippen LogP contribution in [0.5, 0.6) is 0 Å². The lowest BCUT2D eigenvalue weighted by molar-refractivity contribution is -0.118.